The number of hydrogen-bond donors (Lipinski definition) is 1. The Bertz CT molecular complexity index is 1290. The van der Waals surface area contributed by atoms with Crippen LogP contribution in [0.3, 0.4) is 0 Å². The Morgan fingerprint density at radius 3 is 2.09 bits per heavy atom. The lowest BCUT2D eigenvalue weighted by Gasteiger charge is -2.20. The van der Waals surface area contributed by atoms with Crippen LogP contribution in [0, 0.1) is 11.6 Å². The van der Waals surface area contributed by atoms with Crippen LogP contribution < -0.4 is 5.32 Å². The van der Waals surface area contributed by atoms with Gasteiger partial charge in [-0.15, -0.1) is 0 Å². The molecule has 3 aromatic rings. The molecule has 5 nitrogen and oxygen atoms in total. The molecule has 186 valence electrons. The molecule has 0 bridgehead atoms. The Balaban J connectivity index is 1.69. The molecule has 11 heteroatoms. The van der Waals surface area contributed by atoms with Crippen molar-refractivity contribution >= 4 is 15.9 Å². The van der Waals surface area contributed by atoms with Gasteiger partial charge < -0.3 is 5.32 Å². The van der Waals surface area contributed by atoms with Crippen molar-refractivity contribution in [1.82, 2.24) is 9.62 Å². The van der Waals surface area contributed by atoms with Gasteiger partial charge in [-0.25, -0.2) is 17.2 Å². The Morgan fingerprint density at radius 1 is 0.886 bits per heavy atom. The molecule has 0 atom stereocenters. The SMILES string of the molecule is CCN(CC(=O)NCc1cc(F)cc(-c2ccc(C(F)(F)F)cc2)c1)S(=O)(=O)c1ccc(F)cc1. The summed E-state index contributed by atoms with van der Waals surface area (Å²) in [4.78, 5) is 12.2. The van der Waals surface area contributed by atoms with E-state index in [0.717, 1.165) is 52.8 Å². The number of rotatable bonds is 8. The van der Waals surface area contributed by atoms with Crippen molar-refractivity contribution in [1.29, 1.82) is 0 Å². The fourth-order valence-electron chi connectivity index (χ4n) is 3.31. The fraction of sp³-hybridized carbons (Fsp3) is 0.208. The molecule has 0 spiro atoms. The summed E-state index contributed by atoms with van der Waals surface area (Å²) in [5, 5.41) is 2.51. The van der Waals surface area contributed by atoms with Gasteiger partial charge in [0.25, 0.3) is 0 Å². The fourth-order valence-corrected chi connectivity index (χ4v) is 4.72. The Hall–Kier alpha value is -3.31. The van der Waals surface area contributed by atoms with E-state index in [9.17, 15) is 35.2 Å². The first-order chi connectivity index (χ1) is 16.4. The highest BCUT2D eigenvalue weighted by Crippen LogP contribution is 2.31. The summed E-state index contributed by atoms with van der Waals surface area (Å²) >= 11 is 0. The van der Waals surface area contributed by atoms with Crippen molar-refractivity contribution in [3.63, 3.8) is 0 Å². The van der Waals surface area contributed by atoms with Gasteiger partial charge in [0.15, 0.2) is 0 Å². The quantitative estimate of drug-likeness (QED) is 0.433. The second-order valence-corrected chi connectivity index (χ2v) is 9.52. The van der Waals surface area contributed by atoms with Crippen LogP contribution in [0.4, 0.5) is 22.0 Å². The zero-order valence-corrected chi connectivity index (χ0v) is 19.3. The first kappa shape index (κ1) is 26.3. The molecule has 35 heavy (non-hydrogen) atoms. The minimum atomic E-state index is -4.49. The van der Waals surface area contributed by atoms with Crippen LogP contribution in [-0.2, 0) is 27.5 Å². The number of nitrogens with zero attached hydrogens (tertiary/aromatic N) is 1. The number of nitrogens with one attached hydrogen (secondary N) is 1. The molecule has 0 saturated carbocycles. The maximum absolute atomic E-state index is 14.1. The maximum atomic E-state index is 14.1. The molecule has 0 aliphatic carbocycles. The topological polar surface area (TPSA) is 66.5 Å². The van der Waals surface area contributed by atoms with Gasteiger partial charge in [-0.2, -0.15) is 17.5 Å². The van der Waals surface area contributed by atoms with Crippen LogP contribution in [0.1, 0.15) is 18.1 Å². The number of benzene rings is 3. The van der Waals surface area contributed by atoms with E-state index in [1.165, 1.54) is 25.1 Å². The van der Waals surface area contributed by atoms with Gasteiger partial charge in [0, 0.05) is 13.1 Å². The lowest BCUT2D eigenvalue weighted by Crippen LogP contribution is -2.40. The molecule has 0 heterocycles. The van der Waals surface area contributed by atoms with E-state index in [1.807, 2.05) is 0 Å². The standard InChI is InChI=1S/C24H21F5N2O3S/c1-2-31(35(33,34)22-9-7-20(25)8-10-22)15-23(32)30-14-16-11-18(13-21(26)12-16)17-3-5-19(6-4-17)24(27,28)29/h3-13H,2,14-15H2,1H3,(H,30,32). The van der Waals surface area contributed by atoms with Crippen molar-refractivity contribution in [3.05, 3.63) is 89.5 Å². The van der Waals surface area contributed by atoms with E-state index in [-0.39, 0.29) is 18.0 Å². The molecule has 1 amide bonds. The van der Waals surface area contributed by atoms with Crippen LogP contribution in [0.25, 0.3) is 11.1 Å². The molecular formula is C24H21F5N2O3S. The van der Waals surface area contributed by atoms with Crippen molar-refractivity contribution < 1.29 is 35.2 Å². The average molecular weight is 513 g/mol. The molecule has 0 aliphatic heterocycles. The number of halogens is 5. The van der Waals surface area contributed by atoms with Gasteiger partial charge in [-0.3, -0.25) is 4.79 Å². The highest BCUT2D eigenvalue weighted by atomic mass is 32.2. The maximum Gasteiger partial charge on any atom is 0.416 e. The predicted molar refractivity (Wildman–Crippen MR) is 120 cm³/mol. The number of hydrogen-bond acceptors (Lipinski definition) is 3. The van der Waals surface area contributed by atoms with E-state index < -0.39 is 45.8 Å². The third-order valence-electron chi connectivity index (χ3n) is 5.12. The van der Waals surface area contributed by atoms with Gasteiger partial charge in [-0.1, -0.05) is 19.1 Å². The van der Waals surface area contributed by atoms with Crippen LogP contribution >= 0.6 is 0 Å². The highest BCUT2D eigenvalue weighted by Gasteiger charge is 2.30. The van der Waals surface area contributed by atoms with E-state index in [2.05, 4.69) is 5.32 Å². The van der Waals surface area contributed by atoms with Crippen molar-refractivity contribution in [3.8, 4) is 11.1 Å². The normalized spacial score (nSPS) is 12.1. The zero-order chi connectivity index (χ0) is 25.8. The number of likely N-dealkylation sites (N-methyl/N-ethyl adjacent to an activating group) is 1. The van der Waals surface area contributed by atoms with E-state index >= 15 is 0 Å². The summed E-state index contributed by atoms with van der Waals surface area (Å²) < 4.78 is 91.9. The average Bonchev–Trinajstić information content (AvgIpc) is 2.80. The largest absolute Gasteiger partial charge is 0.416 e. The Kier molecular flexibility index (Phi) is 7.91. The summed E-state index contributed by atoms with van der Waals surface area (Å²) in [6, 6.07) is 12.2. The molecule has 0 radical (unpaired) electrons. The molecule has 3 aromatic carbocycles. The van der Waals surface area contributed by atoms with Crippen molar-refractivity contribution in [2.24, 2.45) is 0 Å². The molecule has 1 N–H and O–H groups in total. The summed E-state index contributed by atoms with van der Waals surface area (Å²) in [6.45, 7) is 0.859. The number of carbonyl (C=O) groups excluding carboxylic acids is 1. The van der Waals surface area contributed by atoms with Crippen LogP contribution in [0.5, 0.6) is 0 Å². The summed E-state index contributed by atoms with van der Waals surface area (Å²) in [6.07, 6.45) is -4.49. The van der Waals surface area contributed by atoms with Crippen LogP contribution in [0.2, 0.25) is 0 Å². The smallest absolute Gasteiger partial charge is 0.351 e. The molecule has 0 saturated heterocycles. The molecule has 0 unspecified atom stereocenters. The third-order valence-corrected chi connectivity index (χ3v) is 7.05. The van der Waals surface area contributed by atoms with Gasteiger partial charge in [0.2, 0.25) is 15.9 Å². The zero-order valence-electron chi connectivity index (χ0n) is 18.4. The highest BCUT2D eigenvalue weighted by molar-refractivity contribution is 7.89. The summed E-state index contributed by atoms with van der Waals surface area (Å²) in [5.74, 6) is -1.91. The molecular weight excluding hydrogens is 491 g/mol. The minimum absolute atomic E-state index is 0.0227. The Morgan fingerprint density at radius 2 is 1.51 bits per heavy atom. The number of alkyl halides is 3. The molecule has 0 fully saturated rings. The van der Waals surface area contributed by atoms with Gasteiger partial charge in [0.05, 0.1) is 17.0 Å². The third kappa shape index (κ3) is 6.64. The van der Waals surface area contributed by atoms with Gasteiger partial charge in [0.1, 0.15) is 11.6 Å². The van der Waals surface area contributed by atoms with E-state index in [0.29, 0.717) is 16.7 Å². The first-order valence-corrected chi connectivity index (χ1v) is 11.8. The molecule has 3 rings (SSSR count). The first-order valence-electron chi connectivity index (χ1n) is 10.4. The Labute approximate surface area is 199 Å². The van der Waals surface area contributed by atoms with Crippen molar-refractivity contribution in [2.75, 3.05) is 13.1 Å². The van der Waals surface area contributed by atoms with Gasteiger partial charge >= 0.3 is 6.18 Å². The van der Waals surface area contributed by atoms with Crippen molar-refractivity contribution in [2.45, 2.75) is 24.5 Å². The lowest BCUT2D eigenvalue weighted by molar-refractivity contribution is -0.137. The van der Waals surface area contributed by atoms with E-state index in [1.54, 1.807) is 0 Å². The number of carbonyl (C=O) groups is 1. The van der Waals surface area contributed by atoms with E-state index in [4.69, 9.17) is 0 Å². The lowest BCUT2D eigenvalue weighted by atomic mass is 10.0. The second kappa shape index (κ2) is 10.5. The second-order valence-electron chi connectivity index (χ2n) is 7.59. The monoisotopic (exact) mass is 512 g/mol. The van der Waals surface area contributed by atoms with Crippen LogP contribution in [-0.4, -0.2) is 31.7 Å². The molecule has 0 aromatic heterocycles. The summed E-state index contributed by atoms with van der Waals surface area (Å²) in [5.41, 5.74) is 0.170. The summed E-state index contributed by atoms with van der Waals surface area (Å²) in [7, 11) is -4.04. The predicted octanol–water partition coefficient (Wildman–Crippen LogP) is 4.98. The minimum Gasteiger partial charge on any atom is -0.351 e. The number of sulfonamides is 1. The number of amides is 1. The molecule has 0 aliphatic rings. The van der Waals surface area contributed by atoms with Gasteiger partial charge in [-0.05, 0) is 71.3 Å². The van der Waals surface area contributed by atoms with Crippen LogP contribution in [0.15, 0.2) is 71.6 Å².